The van der Waals surface area contributed by atoms with Crippen LogP contribution in [0.3, 0.4) is 0 Å². The van der Waals surface area contributed by atoms with Crippen molar-refractivity contribution in [3.8, 4) is 0 Å². The number of amides is 1. The largest absolute Gasteiger partial charge is 0.326 e. The van der Waals surface area contributed by atoms with Gasteiger partial charge in [-0.25, -0.2) is 8.42 Å². The smallest absolute Gasteiger partial charge is 0.262 e. The molecule has 2 aromatic rings. The number of anilines is 1. The summed E-state index contributed by atoms with van der Waals surface area (Å²) in [5.74, 6) is 0.0810. The van der Waals surface area contributed by atoms with Crippen LogP contribution >= 0.6 is 11.6 Å². The average Bonchev–Trinajstić information content (AvgIpc) is 2.98. The zero-order chi connectivity index (χ0) is 22.4. The molecule has 6 nitrogen and oxygen atoms in total. The molecular formula is C23H28ClN3O3S. The molecule has 31 heavy (non-hydrogen) atoms. The van der Waals surface area contributed by atoms with E-state index in [0.29, 0.717) is 29.5 Å². The number of nitrogens with zero attached hydrogens (tertiary/aromatic N) is 1. The quantitative estimate of drug-likeness (QED) is 0.636. The Hall–Kier alpha value is -2.38. The Morgan fingerprint density at radius 2 is 1.68 bits per heavy atom. The van der Waals surface area contributed by atoms with Crippen molar-refractivity contribution in [2.45, 2.75) is 50.3 Å². The predicted molar refractivity (Wildman–Crippen MR) is 125 cm³/mol. The number of hydrogen-bond acceptors (Lipinski definition) is 4. The van der Waals surface area contributed by atoms with Crippen LogP contribution in [-0.2, 0) is 14.8 Å². The van der Waals surface area contributed by atoms with Crippen LogP contribution < -0.4 is 10.0 Å². The minimum atomic E-state index is -3.70. The van der Waals surface area contributed by atoms with Gasteiger partial charge in [0, 0.05) is 23.7 Å². The lowest BCUT2D eigenvalue weighted by molar-refractivity contribution is -0.118. The topological polar surface area (TPSA) is 87.6 Å². The van der Waals surface area contributed by atoms with Crippen molar-refractivity contribution in [2.75, 3.05) is 11.9 Å². The first kappa shape index (κ1) is 23.3. The van der Waals surface area contributed by atoms with Crippen molar-refractivity contribution < 1.29 is 13.2 Å². The summed E-state index contributed by atoms with van der Waals surface area (Å²) in [6.45, 7) is 4.61. The van der Waals surface area contributed by atoms with E-state index in [4.69, 9.17) is 11.6 Å². The molecule has 0 aliphatic carbocycles. The number of carbonyl (C=O) groups is 1. The first-order valence-corrected chi connectivity index (χ1v) is 12.3. The third-order valence-electron chi connectivity index (χ3n) is 5.24. The second-order valence-electron chi connectivity index (χ2n) is 8.03. The van der Waals surface area contributed by atoms with Gasteiger partial charge in [-0.3, -0.25) is 14.5 Å². The zero-order valence-corrected chi connectivity index (χ0v) is 19.3. The van der Waals surface area contributed by atoms with E-state index < -0.39 is 10.0 Å². The van der Waals surface area contributed by atoms with Gasteiger partial charge in [-0.1, -0.05) is 44.0 Å². The third kappa shape index (κ3) is 6.31. The van der Waals surface area contributed by atoms with E-state index in [2.05, 4.69) is 15.0 Å². The van der Waals surface area contributed by atoms with E-state index in [1.165, 1.54) is 12.1 Å². The number of nitrogens with one attached hydrogen (secondary N) is 2. The molecule has 1 amide bonds. The van der Waals surface area contributed by atoms with Crippen molar-refractivity contribution in [1.82, 2.24) is 4.72 Å². The van der Waals surface area contributed by atoms with Crippen LogP contribution in [0.2, 0.25) is 5.02 Å². The Balaban J connectivity index is 1.70. The SMILES string of the molecule is CC(C)[C@H](C(=O)Nc1ccc(S(=O)(=O)NC2=NCCCCC2)cc1)c1ccc(Cl)cc1. The van der Waals surface area contributed by atoms with Crippen LogP contribution in [0.1, 0.15) is 51.0 Å². The fraction of sp³-hybridized carbons (Fsp3) is 0.391. The molecule has 0 radical (unpaired) electrons. The van der Waals surface area contributed by atoms with Gasteiger partial charge in [0.05, 0.1) is 10.8 Å². The summed E-state index contributed by atoms with van der Waals surface area (Å²) >= 11 is 5.96. The second-order valence-corrected chi connectivity index (χ2v) is 10.2. The molecule has 0 saturated heterocycles. The monoisotopic (exact) mass is 461 g/mol. The van der Waals surface area contributed by atoms with Gasteiger partial charge in [0.2, 0.25) is 5.91 Å². The molecule has 0 spiro atoms. The lowest BCUT2D eigenvalue weighted by Crippen LogP contribution is -2.30. The first-order valence-electron chi connectivity index (χ1n) is 10.5. The van der Waals surface area contributed by atoms with E-state index >= 15 is 0 Å². The molecule has 0 unspecified atom stereocenters. The van der Waals surface area contributed by atoms with Crippen LogP contribution in [-0.4, -0.2) is 26.7 Å². The summed E-state index contributed by atoms with van der Waals surface area (Å²) in [6, 6.07) is 13.4. The van der Waals surface area contributed by atoms with Crippen LogP contribution in [0, 0.1) is 5.92 Å². The molecule has 1 aliphatic heterocycles. The Morgan fingerprint density at radius 3 is 2.32 bits per heavy atom. The fourth-order valence-corrected chi connectivity index (χ4v) is 4.83. The molecule has 0 aromatic heterocycles. The van der Waals surface area contributed by atoms with E-state index in [-0.39, 0.29) is 22.6 Å². The number of sulfonamides is 1. The zero-order valence-electron chi connectivity index (χ0n) is 17.8. The van der Waals surface area contributed by atoms with Gasteiger partial charge in [-0.15, -0.1) is 0 Å². The summed E-state index contributed by atoms with van der Waals surface area (Å²) in [7, 11) is -3.70. The molecule has 0 fully saturated rings. The van der Waals surface area contributed by atoms with Gasteiger partial charge in [0.15, 0.2) is 0 Å². The number of carbonyl (C=O) groups excluding carboxylic acids is 1. The van der Waals surface area contributed by atoms with Crippen molar-refractivity contribution in [1.29, 1.82) is 0 Å². The Morgan fingerprint density at radius 1 is 1.00 bits per heavy atom. The highest BCUT2D eigenvalue weighted by molar-refractivity contribution is 7.90. The van der Waals surface area contributed by atoms with E-state index in [1.807, 2.05) is 26.0 Å². The van der Waals surface area contributed by atoms with Gasteiger partial charge in [-0.2, -0.15) is 0 Å². The standard InChI is InChI=1S/C23H28ClN3O3S/c1-16(2)22(17-7-9-18(24)10-8-17)23(28)26-19-11-13-20(14-12-19)31(29,30)27-21-6-4-3-5-15-25-21/h7-14,16,22H,3-6,15H2,1-2H3,(H,25,27)(H,26,28)/t22-/m0/s1. The highest BCUT2D eigenvalue weighted by Crippen LogP contribution is 2.27. The number of aliphatic imine (C=N–C) groups is 1. The molecule has 2 aromatic carbocycles. The summed E-state index contributed by atoms with van der Waals surface area (Å²) in [5, 5.41) is 3.51. The highest BCUT2D eigenvalue weighted by atomic mass is 35.5. The minimum Gasteiger partial charge on any atom is -0.326 e. The molecule has 166 valence electrons. The molecule has 1 aliphatic rings. The molecular weight excluding hydrogens is 434 g/mol. The van der Waals surface area contributed by atoms with Crippen LogP contribution in [0.25, 0.3) is 0 Å². The van der Waals surface area contributed by atoms with Crippen LogP contribution in [0.4, 0.5) is 5.69 Å². The first-order chi connectivity index (χ1) is 14.8. The lowest BCUT2D eigenvalue weighted by Gasteiger charge is -2.21. The molecule has 3 rings (SSSR count). The second kappa shape index (κ2) is 10.3. The normalized spacial score (nSPS) is 15.7. The average molecular weight is 462 g/mol. The van der Waals surface area contributed by atoms with Crippen molar-refractivity contribution in [3.05, 3.63) is 59.1 Å². The van der Waals surface area contributed by atoms with Crippen molar-refractivity contribution >= 4 is 39.1 Å². The summed E-state index contributed by atoms with van der Waals surface area (Å²) < 4.78 is 27.9. The number of rotatable bonds is 6. The number of amidine groups is 1. The predicted octanol–water partition coefficient (Wildman–Crippen LogP) is 4.97. The van der Waals surface area contributed by atoms with Crippen molar-refractivity contribution in [3.63, 3.8) is 0 Å². The molecule has 0 saturated carbocycles. The highest BCUT2D eigenvalue weighted by Gasteiger charge is 2.24. The maximum absolute atomic E-state index is 12.9. The molecule has 0 bridgehead atoms. The molecule has 1 atom stereocenters. The van der Waals surface area contributed by atoms with Gasteiger partial charge in [0.1, 0.15) is 5.84 Å². The van der Waals surface area contributed by atoms with Crippen molar-refractivity contribution in [2.24, 2.45) is 10.9 Å². The summed E-state index contributed by atoms with van der Waals surface area (Å²) in [6.07, 6.45) is 3.59. The number of benzene rings is 2. The van der Waals surface area contributed by atoms with Gasteiger partial charge < -0.3 is 5.32 Å². The molecule has 2 N–H and O–H groups in total. The molecule has 1 heterocycles. The minimum absolute atomic E-state index is 0.0744. The van der Waals surface area contributed by atoms with Gasteiger partial charge in [-0.05, 0) is 60.7 Å². The number of halogens is 1. The van der Waals surface area contributed by atoms with E-state index in [0.717, 1.165) is 24.8 Å². The van der Waals surface area contributed by atoms with Gasteiger partial charge in [0.25, 0.3) is 10.0 Å². The van der Waals surface area contributed by atoms with Crippen LogP contribution in [0.5, 0.6) is 0 Å². The Labute approximate surface area is 189 Å². The van der Waals surface area contributed by atoms with E-state index in [9.17, 15) is 13.2 Å². The Kier molecular flexibility index (Phi) is 7.73. The fourth-order valence-electron chi connectivity index (χ4n) is 3.62. The third-order valence-corrected chi connectivity index (χ3v) is 6.89. The van der Waals surface area contributed by atoms with Gasteiger partial charge >= 0.3 is 0 Å². The molecule has 8 heteroatoms. The summed E-state index contributed by atoms with van der Waals surface area (Å²) in [5.41, 5.74) is 1.42. The van der Waals surface area contributed by atoms with Crippen LogP contribution in [0.15, 0.2) is 58.4 Å². The Bertz CT molecular complexity index is 1030. The van der Waals surface area contributed by atoms with E-state index in [1.54, 1.807) is 24.3 Å². The maximum atomic E-state index is 12.9. The number of hydrogen-bond donors (Lipinski definition) is 2. The lowest BCUT2D eigenvalue weighted by atomic mass is 9.87. The maximum Gasteiger partial charge on any atom is 0.262 e. The summed E-state index contributed by atoms with van der Waals surface area (Å²) in [4.78, 5) is 17.4.